The lowest BCUT2D eigenvalue weighted by Crippen LogP contribution is -1.82. The molecular weight excluding hydrogens is 138 g/mol. The monoisotopic (exact) mass is 153 g/mol. The smallest absolute Gasteiger partial charge is 0.139 e. The second-order valence-corrected chi connectivity index (χ2v) is 2.06. The molecule has 1 aromatic rings. The first-order chi connectivity index (χ1) is 5.22. The van der Waals surface area contributed by atoms with Gasteiger partial charge in [-0.05, 0) is 25.5 Å². The van der Waals surface area contributed by atoms with Crippen LogP contribution in [0.25, 0.3) is 0 Å². The summed E-state index contributed by atoms with van der Waals surface area (Å²) in [6, 6.07) is 1.78. The number of aryl methyl sites for hydroxylation is 2. The van der Waals surface area contributed by atoms with Gasteiger partial charge in [0.2, 0.25) is 0 Å². The fraction of sp³-hybridized carbons (Fsp3) is 0.444. The number of aromatic hydroxyl groups is 1. The molecule has 0 saturated carbocycles. The third-order valence-electron chi connectivity index (χ3n) is 1.31. The molecule has 0 aliphatic carbocycles. The van der Waals surface area contributed by atoms with E-state index in [2.05, 4.69) is 4.98 Å². The molecule has 0 amide bonds. The van der Waals surface area contributed by atoms with Crippen LogP contribution in [0.15, 0.2) is 12.3 Å². The molecule has 0 unspecified atom stereocenters. The molecule has 0 aromatic carbocycles. The largest absolute Gasteiger partial charge is 0.506 e. The predicted molar refractivity (Wildman–Crippen MR) is 46.7 cm³/mol. The molecule has 0 atom stereocenters. The van der Waals surface area contributed by atoms with E-state index >= 15 is 0 Å². The Balaban J connectivity index is 0.000000461. The summed E-state index contributed by atoms with van der Waals surface area (Å²) in [6.07, 6.45) is 1.68. The standard InChI is InChI=1S/C7H9NO.C2H6/c1-5-3-4-8-6(2)7(5)9;1-2/h3-4,9H,1-2H3;1-2H3. The maximum Gasteiger partial charge on any atom is 0.139 e. The quantitative estimate of drug-likeness (QED) is 0.621. The topological polar surface area (TPSA) is 33.1 Å². The fourth-order valence-corrected chi connectivity index (χ4v) is 0.686. The van der Waals surface area contributed by atoms with E-state index in [1.165, 1.54) is 0 Å². The SMILES string of the molecule is CC.Cc1ccnc(C)c1O. The number of nitrogens with zero attached hydrogens (tertiary/aromatic N) is 1. The highest BCUT2D eigenvalue weighted by atomic mass is 16.3. The lowest BCUT2D eigenvalue weighted by Gasteiger charge is -1.98. The molecule has 2 heteroatoms. The third-order valence-corrected chi connectivity index (χ3v) is 1.31. The van der Waals surface area contributed by atoms with Crippen molar-refractivity contribution in [1.29, 1.82) is 0 Å². The Morgan fingerprint density at radius 1 is 1.27 bits per heavy atom. The summed E-state index contributed by atoms with van der Waals surface area (Å²) in [5, 5.41) is 9.14. The predicted octanol–water partition coefficient (Wildman–Crippen LogP) is 2.43. The number of hydrogen-bond acceptors (Lipinski definition) is 2. The minimum absolute atomic E-state index is 0.303. The lowest BCUT2D eigenvalue weighted by molar-refractivity contribution is 0.463. The van der Waals surface area contributed by atoms with Crippen molar-refractivity contribution in [2.24, 2.45) is 0 Å². The van der Waals surface area contributed by atoms with Crippen LogP contribution >= 0.6 is 0 Å². The molecule has 1 rings (SSSR count). The average molecular weight is 153 g/mol. The molecular formula is C9H15NO. The van der Waals surface area contributed by atoms with E-state index in [9.17, 15) is 0 Å². The first-order valence-electron chi connectivity index (χ1n) is 3.83. The summed E-state index contributed by atoms with van der Waals surface area (Å²) in [7, 11) is 0. The molecule has 0 spiro atoms. The highest BCUT2D eigenvalue weighted by Gasteiger charge is 1.96. The molecule has 62 valence electrons. The zero-order chi connectivity index (χ0) is 8.85. The van der Waals surface area contributed by atoms with Crippen LogP contribution in [-0.2, 0) is 0 Å². The molecule has 0 radical (unpaired) electrons. The first-order valence-corrected chi connectivity index (χ1v) is 3.83. The Morgan fingerprint density at radius 2 is 1.82 bits per heavy atom. The van der Waals surface area contributed by atoms with Crippen molar-refractivity contribution < 1.29 is 5.11 Å². The molecule has 0 aliphatic heterocycles. The molecule has 2 nitrogen and oxygen atoms in total. The maximum atomic E-state index is 9.14. The van der Waals surface area contributed by atoms with Crippen molar-refractivity contribution >= 4 is 0 Å². The highest BCUT2D eigenvalue weighted by molar-refractivity contribution is 5.32. The maximum absolute atomic E-state index is 9.14. The van der Waals surface area contributed by atoms with Crippen LogP contribution in [0.1, 0.15) is 25.1 Å². The summed E-state index contributed by atoms with van der Waals surface area (Å²) < 4.78 is 0. The van der Waals surface area contributed by atoms with E-state index in [-0.39, 0.29) is 0 Å². The van der Waals surface area contributed by atoms with E-state index < -0.39 is 0 Å². The molecule has 1 aromatic heterocycles. The Hall–Kier alpha value is -1.05. The normalized spacial score (nSPS) is 8.36. The van der Waals surface area contributed by atoms with Gasteiger partial charge in [0, 0.05) is 6.20 Å². The van der Waals surface area contributed by atoms with Gasteiger partial charge >= 0.3 is 0 Å². The Bertz CT molecular complexity index is 201. The zero-order valence-electron chi connectivity index (χ0n) is 7.55. The van der Waals surface area contributed by atoms with Crippen LogP contribution in [0.4, 0.5) is 0 Å². The van der Waals surface area contributed by atoms with E-state index in [1.807, 2.05) is 20.8 Å². The number of hydrogen-bond donors (Lipinski definition) is 1. The van der Waals surface area contributed by atoms with Crippen LogP contribution < -0.4 is 0 Å². The fourth-order valence-electron chi connectivity index (χ4n) is 0.686. The van der Waals surface area contributed by atoms with Gasteiger partial charge in [-0.3, -0.25) is 4.98 Å². The molecule has 11 heavy (non-hydrogen) atoms. The third kappa shape index (κ3) is 2.58. The first kappa shape index (κ1) is 9.95. The van der Waals surface area contributed by atoms with Crippen molar-refractivity contribution in [1.82, 2.24) is 4.98 Å². The van der Waals surface area contributed by atoms with Gasteiger partial charge < -0.3 is 5.11 Å². The molecule has 0 aliphatic rings. The molecule has 1 N–H and O–H groups in total. The molecule has 1 heterocycles. The van der Waals surface area contributed by atoms with Gasteiger partial charge in [0.25, 0.3) is 0 Å². The molecule has 0 bridgehead atoms. The van der Waals surface area contributed by atoms with Crippen LogP contribution in [0.5, 0.6) is 5.75 Å². The summed E-state index contributed by atoms with van der Waals surface area (Å²) in [6.45, 7) is 7.63. The number of aromatic nitrogens is 1. The van der Waals surface area contributed by atoms with Crippen LogP contribution in [-0.4, -0.2) is 10.1 Å². The van der Waals surface area contributed by atoms with Gasteiger partial charge in [-0.25, -0.2) is 0 Å². The van der Waals surface area contributed by atoms with E-state index in [1.54, 1.807) is 19.2 Å². The van der Waals surface area contributed by atoms with Crippen molar-refractivity contribution in [2.45, 2.75) is 27.7 Å². The summed E-state index contributed by atoms with van der Waals surface area (Å²) in [4.78, 5) is 3.89. The van der Waals surface area contributed by atoms with Gasteiger partial charge in [0.1, 0.15) is 5.75 Å². The second kappa shape index (κ2) is 4.72. The Kier molecular flexibility index (Phi) is 4.27. The van der Waals surface area contributed by atoms with Gasteiger partial charge in [-0.15, -0.1) is 0 Å². The Labute approximate surface area is 67.9 Å². The summed E-state index contributed by atoms with van der Waals surface area (Å²) >= 11 is 0. The highest BCUT2D eigenvalue weighted by Crippen LogP contribution is 2.16. The van der Waals surface area contributed by atoms with E-state index in [0.29, 0.717) is 11.4 Å². The lowest BCUT2D eigenvalue weighted by atomic mass is 10.2. The van der Waals surface area contributed by atoms with Gasteiger partial charge in [0.05, 0.1) is 5.69 Å². The van der Waals surface area contributed by atoms with Crippen LogP contribution in [0.2, 0.25) is 0 Å². The Morgan fingerprint density at radius 3 is 2.18 bits per heavy atom. The van der Waals surface area contributed by atoms with Gasteiger partial charge in [-0.1, -0.05) is 13.8 Å². The zero-order valence-corrected chi connectivity index (χ0v) is 7.55. The number of rotatable bonds is 0. The number of pyridine rings is 1. The van der Waals surface area contributed by atoms with Crippen molar-refractivity contribution in [3.8, 4) is 5.75 Å². The van der Waals surface area contributed by atoms with Crippen molar-refractivity contribution in [3.05, 3.63) is 23.5 Å². The van der Waals surface area contributed by atoms with E-state index in [4.69, 9.17) is 5.11 Å². The summed E-state index contributed by atoms with van der Waals surface area (Å²) in [5.74, 6) is 0.303. The van der Waals surface area contributed by atoms with Crippen molar-refractivity contribution in [2.75, 3.05) is 0 Å². The molecule has 0 fully saturated rings. The molecule has 0 saturated heterocycles. The second-order valence-electron chi connectivity index (χ2n) is 2.06. The summed E-state index contributed by atoms with van der Waals surface area (Å²) in [5.41, 5.74) is 1.57. The minimum atomic E-state index is 0.303. The van der Waals surface area contributed by atoms with Crippen LogP contribution in [0, 0.1) is 13.8 Å². The minimum Gasteiger partial charge on any atom is -0.506 e. The van der Waals surface area contributed by atoms with E-state index in [0.717, 1.165) is 5.56 Å². The van der Waals surface area contributed by atoms with Crippen molar-refractivity contribution in [3.63, 3.8) is 0 Å². The average Bonchev–Trinajstić information content (AvgIpc) is 2.04. The van der Waals surface area contributed by atoms with Gasteiger partial charge in [0.15, 0.2) is 0 Å². The van der Waals surface area contributed by atoms with Gasteiger partial charge in [-0.2, -0.15) is 0 Å². The van der Waals surface area contributed by atoms with Crippen LogP contribution in [0.3, 0.4) is 0 Å².